The number of carbonyl (C=O) groups is 1. The summed E-state index contributed by atoms with van der Waals surface area (Å²) in [6.45, 7) is 1.53. The van der Waals surface area contributed by atoms with Crippen molar-refractivity contribution in [2.24, 2.45) is 0 Å². The Kier molecular flexibility index (Phi) is 5.44. The van der Waals surface area contributed by atoms with Crippen LogP contribution in [0.1, 0.15) is 36.8 Å². The first-order valence-electron chi connectivity index (χ1n) is 11.0. The second kappa shape index (κ2) is 8.24. The lowest BCUT2D eigenvalue weighted by atomic mass is 10.1. The molecule has 0 unspecified atom stereocenters. The van der Waals surface area contributed by atoms with Gasteiger partial charge in [-0.15, -0.1) is 0 Å². The van der Waals surface area contributed by atoms with Crippen molar-refractivity contribution in [2.45, 2.75) is 55.6 Å². The maximum absolute atomic E-state index is 13.6. The zero-order valence-corrected chi connectivity index (χ0v) is 18.3. The van der Waals surface area contributed by atoms with Gasteiger partial charge in [-0.2, -0.15) is 4.31 Å². The van der Waals surface area contributed by atoms with E-state index in [4.69, 9.17) is 4.74 Å². The van der Waals surface area contributed by atoms with Crippen molar-refractivity contribution in [3.05, 3.63) is 53.9 Å². The molecule has 0 saturated carbocycles. The molecule has 8 heteroatoms. The van der Waals surface area contributed by atoms with Crippen molar-refractivity contribution < 1.29 is 17.9 Å². The summed E-state index contributed by atoms with van der Waals surface area (Å²) in [5.41, 5.74) is 2.33. The number of ether oxygens (including phenoxy) is 1. The predicted octanol–water partition coefficient (Wildman–Crippen LogP) is 2.40. The number of carbonyl (C=O) groups excluding carboxylic acids is 1. The highest BCUT2D eigenvalue weighted by Crippen LogP contribution is 2.32. The Bertz CT molecular complexity index is 1070. The van der Waals surface area contributed by atoms with Gasteiger partial charge in [0.1, 0.15) is 17.9 Å². The molecule has 0 spiro atoms. The molecule has 7 nitrogen and oxygen atoms in total. The number of aryl methyl sites for hydroxylation is 2. The normalized spacial score (nSPS) is 23.8. The van der Waals surface area contributed by atoms with E-state index < -0.39 is 22.2 Å². The summed E-state index contributed by atoms with van der Waals surface area (Å²) in [4.78, 5) is 19.4. The van der Waals surface area contributed by atoms with Crippen molar-refractivity contribution in [1.29, 1.82) is 0 Å². The van der Waals surface area contributed by atoms with Gasteiger partial charge < -0.3 is 9.64 Å². The van der Waals surface area contributed by atoms with Crippen LogP contribution >= 0.6 is 0 Å². The molecule has 2 saturated heterocycles. The van der Waals surface area contributed by atoms with Crippen LogP contribution in [0.3, 0.4) is 0 Å². The van der Waals surface area contributed by atoms with Gasteiger partial charge >= 0.3 is 0 Å². The molecular formula is C23H27N3O4S. The third-order valence-corrected chi connectivity index (χ3v) is 8.40. The van der Waals surface area contributed by atoms with Gasteiger partial charge in [0, 0.05) is 25.7 Å². The van der Waals surface area contributed by atoms with Crippen LogP contribution in [0.25, 0.3) is 0 Å². The quantitative estimate of drug-likeness (QED) is 0.712. The molecule has 2 atom stereocenters. The third kappa shape index (κ3) is 3.94. The fourth-order valence-electron chi connectivity index (χ4n) is 4.95. The first-order chi connectivity index (χ1) is 15.0. The average Bonchev–Trinajstić information content (AvgIpc) is 3.53. The number of aromatic nitrogens is 1. The molecule has 0 radical (unpaired) electrons. The first-order valence-corrected chi connectivity index (χ1v) is 12.5. The Morgan fingerprint density at radius 2 is 1.87 bits per heavy atom. The second-order valence-electron chi connectivity index (χ2n) is 8.57. The predicted molar refractivity (Wildman–Crippen MR) is 115 cm³/mol. The molecule has 164 valence electrons. The summed E-state index contributed by atoms with van der Waals surface area (Å²) in [6, 6.07) is 8.24. The summed E-state index contributed by atoms with van der Waals surface area (Å²) >= 11 is 0. The molecule has 2 aliphatic heterocycles. The number of amides is 1. The number of pyridine rings is 1. The molecule has 5 rings (SSSR count). The van der Waals surface area contributed by atoms with Gasteiger partial charge in [0.25, 0.3) is 0 Å². The minimum atomic E-state index is -3.82. The van der Waals surface area contributed by atoms with Crippen molar-refractivity contribution in [1.82, 2.24) is 14.2 Å². The number of rotatable bonds is 5. The largest absolute Gasteiger partial charge is 0.487 e. The van der Waals surface area contributed by atoms with Crippen LogP contribution in [0.15, 0.2) is 47.6 Å². The van der Waals surface area contributed by atoms with Crippen LogP contribution in [0, 0.1) is 0 Å². The summed E-state index contributed by atoms with van der Waals surface area (Å²) in [5, 5.41) is 0. The molecule has 3 heterocycles. The lowest BCUT2D eigenvalue weighted by Crippen LogP contribution is -2.46. The van der Waals surface area contributed by atoms with Crippen LogP contribution in [0.4, 0.5) is 0 Å². The highest BCUT2D eigenvalue weighted by Gasteiger charge is 2.46. The van der Waals surface area contributed by atoms with E-state index in [-0.39, 0.29) is 17.3 Å². The molecule has 31 heavy (non-hydrogen) atoms. The van der Waals surface area contributed by atoms with Gasteiger partial charge in [0.15, 0.2) is 0 Å². The molecule has 1 aromatic carbocycles. The van der Waals surface area contributed by atoms with E-state index in [9.17, 15) is 13.2 Å². The second-order valence-corrected chi connectivity index (χ2v) is 10.5. The van der Waals surface area contributed by atoms with Gasteiger partial charge in [-0.3, -0.25) is 9.78 Å². The fraction of sp³-hybridized carbons (Fsp3) is 0.478. The number of fused-ring (bicyclic) bond motifs is 1. The fourth-order valence-corrected chi connectivity index (χ4v) is 6.62. The van der Waals surface area contributed by atoms with Gasteiger partial charge in [0.05, 0.1) is 17.6 Å². The van der Waals surface area contributed by atoms with Crippen molar-refractivity contribution in [3.63, 3.8) is 0 Å². The molecule has 0 N–H and O–H groups in total. The molecule has 1 amide bonds. The van der Waals surface area contributed by atoms with Gasteiger partial charge in [-0.05, 0) is 67.5 Å². The van der Waals surface area contributed by atoms with E-state index in [1.165, 1.54) is 9.87 Å². The molecule has 1 aromatic heterocycles. The van der Waals surface area contributed by atoms with Crippen molar-refractivity contribution in [2.75, 3.05) is 19.6 Å². The van der Waals surface area contributed by atoms with E-state index in [2.05, 4.69) is 4.98 Å². The third-order valence-electron chi connectivity index (χ3n) is 6.53. The maximum atomic E-state index is 13.6. The molecule has 2 aromatic rings. The van der Waals surface area contributed by atoms with Crippen molar-refractivity contribution >= 4 is 15.9 Å². The Morgan fingerprint density at radius 1 is 1.06 bits per heavy atom. The lowest BCUT2D eigenvalue weighted by Gasteiger charge is -2.27. The molecule has 3 aliphatic rings. The SMILES string of the molecule is O=C([C@@H]1C[C@H](Oc2cccnc2)CN1S(=O)(=O)c1ccc2c(c1)CCC2)N1CCCC1. The minimum absolute atomic E-state index is 0.112. The molecule has 1 aliphatic carbocycles. The number of likely N-dealkylation sites (tertiary alicyclic amines) is 1. The van der Waals surface area contributed by atoms with Gasteiger partial charge in [-0.25, -0.2) is 8.42 Å². The van der Waals surface area contributed by atoms with Crippen LogP contribution in [-0.4, -0.2) is 60.3 Å². The Hall–Kier alpha value is -2.45. The zero-order chi connectivity index (χ0) is 21.4. The van der Waals surface area contributed by atoms with Crippen LogP contribution in [0.2, 0.25) is 0 Å². The van der Waals surface area contributed by atoms with Crippen LogP contribution in [-0.2, 0) is 27.7 Å². The topological polar surface area (TPSA) is 79.8 Å². The number of sulfonamides is 1. The monoisotopic (exact) mass is 441 g/mol. The molecule has 0 bridgehead atoms. The number of nitrogens with zero attached hydrogens (tertiary/aromatic N) is 3. The van der Waals surface area contributed by atoms with E-state index in [0.29, 0.717) is 25.3 Å². The number of hydrogen-bond donors (Lipinski definition) is 0. The molecule has 2 fully saturated rings. The Labute approximate surface area is 183 Å². The van der Waals surface area contributed by atoms with E-state index in [1.54, 1.807) is 41.6 Å². The summed E-state index contributed by atoms with van der Waals surface area (Å²) in [7, 11) is -3.82. The smallest absolute Gasteiger partial charge is 0.243 e. The van der Waals surface area contributed by atoms with E-state index in [1.807, 2.05) is 6.07 Å². The summed E-state index contributed by atoms with van der Waals surface area (Å²) in [6.07, 6.45) is 8.09. The first kappa shape index (κ1) is 20.5. The number of hydrogen-bond acceptors (Lipinski definition) is 5. The minimum Gasteiger partial charge on any atom is -0.487 e. The highest BCUT2D eigenvalue weighted by molar-refractivity contribution is 7.89. The lowest BCUT2D eigenvalue weighted by molar-refractivity contribution is -0.133. The van der Waals surface area contributed by atoms with Gasteiger partial charge in [-0.1, -0.05) is 6.07 Å². The summed E-state index contributed by atoms with van der Waals surface area (Å²) < 4.78 is 34.7. The van der Waals surface area contributed by atoms with Crippen molar-refractivity contribution in [3.8, 4) is 5.75 Å². The molecular weight excluding hydrogens is 414 g/mol. The zero-order valence-electron chi connectivity index (χ0n) is 17.4. The van der Waals surface area contributed by atoms with Crippen LogP contribution < -0.4 is 4.74 Å². The summed E-state index contributed by atoms with van der Waals surface area (Å²) in [5.74, 6) is 0.469. The number of benzene rings is 1. The van der Waals surface area contributed by atoms with E-state index in [0.717, 1.165) is 37.7 Å². The maximum Gasteiger partial charge on any atom is 0.243 e. The Balaban J connectivity index is 1.44. The average molecular weight is 442 g/mol. The van der Waals surface area contributed by atoms with Crippen LogP contribution in [0.5, 0.6) is 5.75 Å². The highest BCUT2D eigenvalue weighted by atomic mass is 32.2. The van der Waals surface area contributed by atoms with Gasteiger partial charge in [0.2, 0.25) is 15.9 Å². The Morgan fingerprint density at radius 3 is 2.65 bits per heavy atom. The standard InChI is InChI=1S/C23H27N3O4S/c27-23(25-11-1-2-12-25)22-14-20(30-19-7-4-10-24-15-19)16-26(22)31(28,29)21-9-8-17-5-3-6-18(17)13-21/h4,7-10,13,15,20,22H,1-3,5-6,11-12,14,16H2/t20-,22-/m0/s1. The van der Waals surface area contributed by atoms with E-state index >= 15 is 0 Å².